The Morgan fingerprint density at radius 2 is 1.81 bits per heavy atom. The second-order valence-electron chi connectivity index (χ2n) is 5.69. The van der Waals surface area contributed by atoms with Crippen molar-refractivity contribution in [3.8, 4) is 0 Å². The van der Waals surface area contributed by atoms with Crippen LogP contribution in [0.25, 0.3) is 0 Å². The maximum Gasteiger partial charge on any atom is 0.235 e. The molecule has 1 fully saturated rings. The van der Waals surface area contributed by atoms with Crippen molar-refractivity contribution in [3.63, 3.8) is 0 Å². The SMILES string of the molecule is O=C1CCN(C(=O)CS(=O)c2ccc3c(c2)CCC3)CC1. The van der Waals surface area contributed by atoms with Crippen LogP contribution in [0.5, 0.6) is 0 Å². The van der Waals surface area contributed by atoms with Gasteiger partial charge in [0.1, 0.15) is 11.5 Å². The summed E-state index contributed by atoms with van der Waals surface area (Å²) in [5.74, 6) is 0.118. The molecule has 0 bridgehead atoms. The lowest BCUT2D eigenvalue weighted by molar-refractivity contribution is -0.132. The first-order valence-corrected chi connectivity index (χ1v) is 8.75. The van der Waals surface area contributed by atoms with Crippen LogP contribution < -0.4 is 0 Å². The Kier molecular flexibility index (Phi) is 4.19. The lowest BCUT2D eigenvalue weighted by Gasteiger charge is -2.25. The van der Waals surface area contributed by atoms with Gasteiger partial charge in [-0.2, -0.15) is 0 Å². The Balaban J connectivity index is 1.63. The number of ketones is 1. The van der Waals surface area contributed by atoms with Crippen molar-refractivity contribution >= 4 is 22.5 Å². The van der Waals surface area contributed by atoms with Crippen LogP contribution in [0.3, 0.4) is 0 Å². The number of amides is 1. The first-order valence-electron chi connectivity index (χ1n) is 7.43. The molecule has 5 heteroatoms. The molecule has 0 saturated carbocycles. The third kappa shape index (κ3) is 3.23. The number of carbonyl (C=O) groups is 2. The van der Waals surface area contributed by atoms with E-state index < -0.39 is 10.8 Å². The highest BCUT2D eigenvalue weighted by molar-refractivity contribution is 7.85. The monoisotopic (exact) mass is 305 g/mol. The summed E-state index contributed by atoms with van der Waals surface area (Å²) in [7, 11) is -1.29. The quantitative estimate of drug-likeness (QED) is 0.850. The Bertz CT molecular complexity index is 602. The number of nitrogens with zero attached hydrogens (tertiary/aromatic N) is 1. The van der Waals surface area contributed by atoms with E-state index in [9.17, 15) is 13.8 Å². The van der Waals surface area contributed by atoms with Crippen LogP contribution in [0.1, 0.15) is 30.4 Å². The molecule has 21 heavy (non-hydrogen) atoms. The minimum Gasteiger partial charge on any atom is -0.341 e. The van der Waals surface area contributed by atoms with E-state index >= 15 is 0 Å². The number of Topliss-reactive ketones (excluding diaryl/α,β-unsaturated/α-hetero) is 1. The smallest absolute Gasteiger partial charge is 0.235 e. The lowest BCUT2D eigenvalue weighted by Crippen LogP contribution is -2.40. The molecule has 1 saturated heterocycles. The van der Waals surface area contributed by atoms with E-state index in [1.807, 2.05) is 18.2 Å². The fourth-order valence-electron chi connectivity index (χ4n) is 2.98. The summed E-state index contributed by atoms with van der Waals surface area (Å²) >= 11 is 0. The molecular weight excluding hydrogens is 286 g/mol. The van der Waals surface area contributed by atoms with E-state index in [-0.39, 0.29) is 17.4 Å². The van der Waals surface area contributed by atoms with E-state index in [0.717, 1.165) is 24.2 Å². The third-order valence-corrected chi connectivity index (χ3v) is 5.55. The van der Waals surface area contributed by atoms with Crippen LogP contribution >= 0.6 is 0 Å². The number of carbonyl (C=O) groups excluding carboxylic acids is 2. The number of hydrogen-bond donors (Lipinski definition) is 0. The predicted octanol–water partition coefficient (Wildman–Crippen LogP) is 1.47. The Hall–Kier alpha value is -1.49. The van der Waals surface area contributed by atoms with Crippen molar-refractivity contribution in [3.05, 3.63) is 29.3 Å². The molecule has 1 heterocycles. The lowest BCUT2D eigenvalue weighted by atomic mass is 10.1. The van der Waals surface area contributed by atoms with Crippen molar-refractivity contribution in [1.82, 2.24) is 4.90 Å². The van der Waals surface area contributed by atoms with Gasteiger partial charge in [-0.05, 0) is 42.5 Å². The average Bonchev–Trinajstić information content (AvgIpc) is 2.95. The molecule has 1 amide bonds. The molecule has 1 aliphatic carbocycles. The van der Waals surface area contributed by atoms with Crippen LogP contribution in [-0.2, 0) is 33.2 Å². The first-order chi connectivity index (χ1) is 10.1. The molecule has 1 unspecified atom stereocenters. The topological polar surface area (TPSA) is 54.5 Å². The standard InChI is InChI=1S/C16H19NO3S/c18-14-6-8-17(9-7-14)16(19)11-21(20)15-5-4-12-2-1-3-13(12)10-15/h4-5,10H,1-3,6-9,11H2. The van der Waals surface area contributed by atoms with Gasteiger partial charge >= 0.3 is 0 Å². The summed E-state index contributed by atoms with van der Waals surface area (Å²) in [6.45, 7) is 0.943. The van der Waals surface area contributed by atoms with Crippen LogP contribution in [0, 0.1) is 0 Å². The summed E-state index contributed by atoms with van der Waals surface area (Å²) < 4.78 is 12.4. The zero-order chi connectivity index (χ0) is 14.8. The summed E-state index contributed by atoms with van der Waals surface area (Å²) in [5, 5.41) is 0. The number of rotatable bonds is 3. The van der Waals surface area contributed by atoms with E-state index in [4.69, 9.17) is 0 Å². The van der Waals surface area contributed by atoms with Crippen molar-refractivity contribution < 1.29 is 13.8 Å². The predicted molar refractivity (Wildman–Crippen MR) is 80.6 cm³/mol. The van der Waals surface area contributed by atoms with E-state index in [1.54, 1.807) is 4.90 Å². The molecule has 1 aliphatic heterocycles. The van der Waals surface area contributed by atoms with Gasteiger partial charge < -0.3 is 4.90 Å². The molecule has 0 radical (unpaired) electrons. The van der Waals surface area contributed by atoms with Gasteiger partial charge in [0.15, 0.2) is 0 Å². The maximum absolute atomic E-state index is 12.4. The van der Waals surface area contributed by atoms with Crippen LogP contribution in [-0.4, -0.2) is 39.6 Å². The zero-order valence-electron chi connectivity index (χ0n) is 12.0. The fraction of sp³-hybridized carbons (Fsp3) is 0.500. The largest absolute Gasteiger partial charge is 0.341 e. The molecule has 1 atom stereocenters. The summed E-state index contributed by atoms with van der Waals surface area (Å²) in [6.07, 6.45) is 4.16. The van der Waals surface area contributed by atoms with Gasteiger partial charge in [0.05, 0.1) is 10.8 Å². The van der Waals surface area contributed by atoms with Gasteiger partial charge in [0, 0.05) is 30.8 Å². The van der Waals surface area contributed by atoms with Gasteiger partial charge in [-0.3, -0.25) is 13.8 Å². The highest BCUT2D eigenvalue weighted by atomic mass is 32.2. The summed E-state index contributed by atoms with van der Waals surface area (Å²) in [4.78, 5) is 25.7. The number of benzene rings is 1. The maximum atomic E-state index is 12.4. The fourth-order valence-corrected chi connectivity index (χ4v) is 4.05. The van der Waals surface area contributed by atoms with Gasteiger partial charge in [-0.25, -0.2) is 0 Å². The van der Waals surface area contributed by atoms with Gasteiger partial charge in [-0.15, -0.1) is 0 Å². The van der Waals surface area contributed by atoms with E-state index in [1.165, 1.54) is 11.1 Å². The summed E-state index contributed by atoms with van der Waals surface area (Å²) in [6, 6.07) is 5.92. The number of fused-ring (bicyclic) bond motifs is 1. The van der Waals surface area contributed by atoms with Crippen LogP contribution in [0.4, 0.5) is 0 Å². The third-order valence-electron chi connectivity index (χ3n) is 4.26. The highest BCUT2D eigenvalue weighted by Crippen LogP contribution is 2.24. The number of likely N-dealkylation sites (tertiary alicyclic amines) is 1. The molecule has 2 aliphatic rings. The van der Waals surface area contributed by atoms with Gasteiger partial charge in [0.25, 0.3) is 0 Å². The van der Waals surface area contributed by atoms with Crippen molar-refractivity contribution in [2.45, 2.75) is 37.0 Å². The number of aryl methyl sites for hydroxylation is 2. The van der Waals surface area contributed by atoms with E-state index in [0.29, 0.717) is 25.9 Å². The molecule has 4 nitrogen and oxygen atoms in total. The van der Waals surface area contributed by atoms with Crippen LogP contribution in [0.2, 0.25) is 0 Å². The second-order valence-corrected chi connectivity index (χ2v) is 7.14. The molecular formula is C16H19NO3S. The van der Waals surface area contributed by atoms with Crippen molar-refractivity contribution in [2.75, 3.05) is 18.8 Å². The first kappa shape index (κ1) is 14.4. The van der Waals surface area contributed by atoms with Crippen molar-refractivity contribution in [1.29, 1.82) is 0 Å². The highest BCUT2D eigenvalue weighted by Gasteiger charge is 2.23. The zero-order valence-corrected chi connectivity index (χ0v) is 12.8. The molecule has 112 valence electrons. The average molecular weight is 305 g/mol. The van der Waals surface area contributed by atoms with Crippen molar-refractivity contribution in [2.24, 2.45) is 0 Å². The van der Waals surface area contributed by atoms with Crippen LogP contribution in [0.15, 0.2) is 23.1 Å². The number of hydrogen-bond acceptors (Lipinski definition) is 3. The van der Waals surface area contributed by atoms with E-state index in [2.05, 4.69) is 0 Å². The molecule has 3 rings (SSSR count). The van der Waals surface area contributed by atoms with Gasteiger partial charge in [-0.1, -0.05) is 6.07 Å². The normalized spacial score (nSPS) is 19.4. The Labute approximate surface area is 127 Å². The molecule has 0 aromatic heterocycles. The van der Waals surface area contributed by atoms with Gasteiger partial charge in [0.2, 0.25) is 5.91 Å². The molecule has 0 N–H and O–H groups in total. The number of piperidine rings is 1. The Morgan fingerprint density at radius 1 is 1.10 bits per heavy atom. The molecule has 1 aromatic carbocycles. The molecule has 0 spiro atoms. The summed E-state index contributed by atoms with van der Waals surface area (Å²) in [5.41, 5.74) is 2.62. The Morgan fingerprint density at radius 3 is 2.57 bits per heavy atom. The second kappa shape index (κ2) is 6.10. The minimum absolute atomic E-state index is 0.0208. The minimum atomic E-state index is -1.29. The molecule has 1 aromatic rings.